The lowest BCUT2D eigenvalue weighted by Gasteiger charge is -2.22. The second-order valence-corrected chi connectivity index (χ2v) is 5.53. The highest BCUT2D eigenvalue weighted by Crippen LogP contribution is 2.22. The fourth-order valence-electron chi connectivity index (χ4n) is 2.36. The van der Waals surface area contributed by atoms with Gasteiger partial charge in [-0.2, -0.15) is 0 Å². The molecule has 2 heterocycles. The standard InChI is InChI=1S/C16H20N2O3/c1-16(21)7-3-9-18(10-8-16)15(20)14-6-5-13(12-17-14)4-2-11-19/h5-6,12,19,21H,3,7-11H2,1H3. The van der Waals surface area contributed by atoms with E-state index >= 15 is 0 Å². The van der Waals surface area contributed by atoms with E-state index < -0.39 is 5.60 Å². The minimum Gasteiger partial charge on any atom is -0.390 e. The number of rotatable bonds is 1. The van der Waals surface area contributed by atoms with E-state index in [4.69, 9.17) is 5.11 Å². The van der Waals surface area contributed by atoms with Gasteiger partial charge in [0, 0.05) is 24.8 Å². The van der Waals surface area contributed by atoms with Crippen LogP contribution in [0, 0.1) is 11.8 Å². The normalized spacial score (nSPS) is 22.1. The van der Waals surface area contributed by atoms with Gasteiger partial charge in [-0.3, -0.25) is 4.79 Å². The van der Waals surface area contributed by atoms with Crippen molar-refractivity contribution in [3.8, 4) is 11.8 Å². The van der Waals surface area contributed by atoms with Gasteiger partial charge in [0.1, 0.15) is 12.3 Å². The molecule has 112 valence electrons. The molecular weight excluding hydrogens is 268 g/mol. The van der Waals surface area contributed by atoms with Crippen LogP contribution in [-0.2, 0) is 0 Å². The van der Waals surface area contributed by atoms with Gasteiger partial charge in [-0.1, -0.05) is 11.8 Å². The van der Waals surface area contributed by atoms with Gasteiger partial charge in [0.2, 0.25) is 0 Å². The highest BCUT2D eigenvalue weighted by atomic mass is 16.3. The van der Waals surface area contributed by atoms with Gasteiger partial charge in [0.15, 0.2) is 0 Å². The van der Waals surface area contributed by atoms with Crippen LogP contribution in [-0.4, -0.2) is 51.3 Å². The lowest BCUT2D eigenvalue weighted by atomic mass is 9.98. The molecule has 1 fully saturated rings. The molecule has 21 heavy (non-hydrogen) atoms. The Hall–Kier alpha value is -1.90. The van der Waals surface area contributed by atoms with Crippen molar-refractivity contribution < 1.29 is 15.0 Å². The average molecular weight is 288 g/mol. The maximum absolute atomic E-state index is 12.4. The van der Waals surface area contributed by atoms with E-state index in [2.05, 4.69) is 16.8 Å². The minimum atomic E-state index is -0.688. The molecule has 1 atom stereocenters. The molecule has 2 N–H and O–H groups in total. The van der Waals surface area contributed by atoms with E-state index in [0.29, 0.717) is 37.2 Å². The first-order valence-electron chi connectivity index (χ1n) is 7.09. The van der Waals surface area contributed by atoms with Crippen LogP contribution in [0.15, 0.2) is 18.3 Å². The first-order valence-corrected chi connectivity index (χ1v) is 7.09. The number of likely N-dealkylation sites (tertiary alicyclic amines) is 1. The number of carbonyl (C=O) groups excluding carboxylic acids is 1. The molecule has 2 rings (SSSR count). The first kappa shape index (κ1) is 15.5. The third-order valence-corrected chi connectivity index (χ3v) is 3.65. The zero-order valence-electron chi connectivity index (χ0n) is 12.2. The van der Waals surface area contributed by atoms with E-state index in [9.17, 15) is 9.90 Å². The van der Waals surface area contributed by atoms with Gasteiger partial charge in [0.05, 0.1) is 5.60 Å². The number of aliphatic hydroxyl groups excluding tert-OH is 1. The van der Waals surface area contributed by atoms with E-state index in [0.717, 1.165) is 6.42 Å². The van der Waals surface area contributed by atoms with Crippen LogP contribution in [0.1, 0.15) is 42.2 Å². The molecule has 1 aromatic heterocycles. The SMILES string of the molecule is CC1(O)CCCN(C(=O)c2ccc(C#CCO)cn2)CC1. The van der Waals surface area contributed by atoms with Crippen molar-refractivity contribution in [2.45, 2.75) is 31.8 Å². The van der Waals surface area contributed by atoms with Crippen LogP contribution in [0.4, 0.5) is 0 Å². The maximum atomic E-state index is 12.4. The summed E-state index contributed by atoms with van der Waals surface area (Å²) in [5, 5.41) is 18.7. The summed E-state index contributed by atoms with van der Waals surface area (Å²) in [6.07, 6.45) is 3.61. The second kappa shape index (κ2) is 6.70. The molecule has 5 heteroatoms. The van der Waals surface area contributed by atoms with Gasteiger partial charge in [-0.05, 0) is 38.3 Å². The van der Waals surface area contributed by atoms with E-state index in [1.165, 1.54) is 6.20 Å². The Morgan fingerprint density at radius 1 is 1.43 bits per heavy atom. The quantitative estimate of drug-likeness (QED) is 0.750. The Morgan fingerprint density at radius 3 is 2.90 bits per heavy atom. The second-order valence-electron chi connectivity index (χ2n) is 5.53. The number of aromatic nitrogens is 1. The number of hydrogen-bond acceptors (Lipinski definition) is 4. The van der Waals surface area contributed by atoms with E-state index in [-0.39, 0.29) is 12.5 Å². The van der Waals surface area contributed by atoms with Gasteiger partial charge >= 0.3 is 0 Å². The highest BCUT2D eigenvalue weighted by Gasteiger charge is 2.27. The summed E-state index contributed by atoms with van der Waals surface area (Å²) in [6.45, 7) is 2.80. The summed E-state index contributed by atoms with van der Waals surface area (Å²) in [5.41, 5.74) is 0.358. The number of aliphatic hydroxyl groups is 2. The minimum absolute atomic E-state index is 0.116. The van der Waals surface area contributed by atoms with Crippen LogP contribution in [0.2, 0.25) is 0 Å². The van der Waals surface area contributed by atoms with Gasteiger partial charge in [-0.15, -0.1) is 0 Å². The molecule has 0 saturated carbocycles. The average Bonchev–Trinajstić information content (AvgIpc) is 2.66. The summed E-state index contributed by atoms with van der Waals surface area (Å²) in [7, 11) is 0. The first-order chi connectivity index (χ1) is 10.0. The van der Waals surface area contributed by atoms with Crippen molar-refractivity contribution in [2.75, 3.05) is 19.7 Å². The van der Waals surface area contributed by atoms with Crippen molar-refractivity contribution in [2.24, 2.45) is 0 Å². The van der Waals surface area contributed by atoms with Crippen molar-refractivity contribution in [1.29, 1.82) is 0 Å². The predicted molar refractivity (Wildman–Crippen MR) is 78.6 cm³/mol. The summed E-state index contributed by atoms with van der Waals surface area (Å²) in [5.74, 6) is 5.16. The van der Waals surface area contributed by atoms with Crippen molar-refractivity contribution in [3.05, 3.63) is 29.6 Å². The Morgan fingerprint density at radius 2 is 2.24 bits per heavy atom. The fourth-order valence-corrected chi connectivity index (χ4v) is 2.36. The number of nitrogens with zero attached hydrogens (tertiary/aromatic N) is 2. The molecule has 1 saturated heterocycles. The van der Waals surface area contributed by atoms with Crippen LogP contribution < -0.4 is 0 Å². The van der Waals surface area contributed by atoms with E-state index in [1.54, 1.807) is 17.0 Å². The zero-order chi connectivity index (χ0) is 15.3. The maximum Gasteiger partial charge on any atom is 0.272 e. The van der Waals surface area contributed by atoms with Crippen LogP contribution in [0.25, 0.3) is 0 Å². The molecule has 5 nitrogen and oxygen atoms in total. The smallest absolute Gasteiger partial charge is 0.272 e. The monoisotopic (exact) mass is 288 g/mol. The topological polar surface area (TPSA) is 73.7 Å². The van der Waals surface area contributed by atoms with Crippen molar-refractivity contribution in [3.63, 3.8) is 0 Å². The summed E-state index contributed by atoms with van der Waals surface area (Å²) >= 11 is 0. The number of pyridine rings is 1. The Kier molecular flexibility index (Phi) is 4.94. The molecule has 1 unspecified atom stereocenters. The number of carbonyl (C=O) groups is 1. The molecule has 0 bridgehead atoms. The van der Waals surface area contributed by atoms with E-state index in [1.807, 2.05) is 6.92 Å². The Labute approximate surface area is 124 Å². The molecule has 1 aliphatic heterocycles. The molecule has 1 amide bonds. The van der Waals surface area contributed by atoms with Crippen LogP contribution >= 0.6 is 0 Å². The molecule has 0 aliphatic carbocycles. The molecule has 1 aliphatic rings. The third kappa shape index (κ3) is 4.28. The molecule has 0 spiro atoms. The molecule has 0 aromatic carbocycles. The number of hydrogen-bond donors (Lipinski definition) is 2. The molecule has 1 aromatic rings. The van der Waals surface area contributed by atoms with Gasteiger partial charge in [0.25, 0.3) is 5.91 Å². The van der Waals surface area contributed by atoms with Crippen LogP contribution in [0.3, 0.4) is 0 Å². The van der Waals surface area contributed by atoms with Gasteiger partial charge < -0.3 is 15.1 Å². The van der Waals surface area contributed by atoms with Crippen molar-refractivity contribution in [1.82, 2.24) is 9.88 Å². The Balaban J connectivity index is 2.06. The molecule has 0 radical (unpaired) electrons. The fraction of sp³-hybridized carbons (Fsp3) is 0.500. The van der Waals surface area contributed by atoms with Crippen LogP contribution in [0.5, 0.6) is 0 Å². The summed E-state index contributed by atoms with van der Waals surface area (Å²) in [4.78, 5) is 18.3. The predicted octanol–water partition coefficient (Wildman–Crippen LogP) is 0.803. The zero-order valence-corrected chi connectivity index (χ0v) is 12.2. The third-order valence-electron chi connectivity index (χ3n) is 3.65. The lowest BCUT2D eigenvalue weighted by Crippen LogP contribution is -2.34. The largest absolute Gasteiger partial charge is 0.390 e. The highest BCUT2D eigenvalue weighted by molar-refractivity contribution is 5.92. The Bertz CT molecular complexity index is 555. The molecular formula is C16H20N2O3. The van der Waals surface area contributed by atoms with Gasteiger partial charge in [-0.25, -0.2) is 4.98 Å². The summed E-state index contributed by atoms with van der Waals surface area (Å²) in [6, 6.07) is 3.36. The number of amides is 1. The summed E-state index contributed by atoms with van der Waals surface area (Å²) < 4.78 is 0. The lowest BCUT2D eigenvalue weighted by molar-refractivity contribution is 0.0437. The van der Waals surface area contributed by atoms with Crippen molar-refractivity contribution >= 4 is 5.91 Å².